The second-order valence-corrected chi connectivity index (χ2v) is 8.06. The molecule has 0 unspecified atom stereocenters. The predicted molar refractivity (Wildman–Crippen MR) is 129 cm³/mol. The molecule has 0 saturated carbocycles. The topological polar surface area (TPSA) is 92.4 Å². The number of halogens is 1. The summed E-state index contributed by atoms with van der Waals surface area (Å²) in [6, 6.07) is 12.4. The Hall–Kier alpha value is -4.59. The van der Waals surface area contributed by atoms with E-state index in [0.717, 1.165) is 50.0 Å². The van der Waals surface area contributed by atoms with Crippen LogP contribution in [0.4, 0.5) is 4.39 Å². The van der Waals surface area contributed by atoms with Gasteiger partial charge in [0.25, 0.3) is 0 Å². The van der Waals surface area contributed by atoms with E-state index >= 15 is 0 Å². The van der Waals surface area contributed by atoms with Crippen LogP contribution >= 0.6 is 0 Å². The van der Waals surface area contributed by atoms with Crippen LogP contribution in [0.3, 0.4) is 0 Å². The maximum absolute atomic E-state index is 14.2. The van der Waals surface area contributed by atoms with E-state index in [0.29, 0.717) is 17.0 Å². The van der Waals surface area contributed by atoms with Gasteiger partial charge in [0.1, 0.15) is 17.3 Å². The number of fused-ring (bicyclic) bond motifs is 2. The Labute approximate surface area is 193 Å². The van der Waals surface area contributed by atoms with E-state index in [2.05, 4.69) is 30.1 Å². The molecule has 7 nitrogen and oxygen atoms in total. The molecule has 0 aliphatic carbocycles. The summed E-state index contributed by atoms with van der Waals surface area (Å²) in [7, 11) is 1.51. The van der Waals surface area contributed by atoms with E-state index in [9.17, 15) is 4.39 Å². The van der Waals surface area contributed by atoms with Crippen LogP contribution in [0, 0.1) is 12.7 Å². The lowest BCUT2D eigenvalue weighted by atomic mass is 10.1. The van der Waals surface area contributed by atoms with Gasteiger partial charge in [0.2, 0.25) is 0 Å². The molecule has 0 aliphatic rings. The van der Waals surface area contributed by atoms with Gasteiger partial charge in [0, 0.05) is 52.1 Å². The van der Waals surface area contributed by atoms with Crippen molar-refractivity contribution >= 4 is 21.8 Å². The third-order valence-corrected chi connectivity index (χ3v) is 5.95. The van der Waals surface area contributed by atoms with E-state index in [1.165, 1.54) is 19.2 Å². The fourth-order valence-corrected chi connectivity index (χ4v) is 4.23. The molecule has 2 N–H and O–H groups in total. The molecule has 0 bridgehead atoms. The lowest BCUT2D eigenvalue weighted by Crippen LogP contribution is -1.89. The summed E-state index contributed by atoms with van der Waals surface area (Å²) in [5, 5.41) is 9.40. The van der Waals surface area contributed by atoms with Crippen LogP contribution in [0.25, 0.3) is 55.7 Å². The van der Waals surface area contributed by atoms with Crippen LogP contribution in [0.15, 0.2) is 67.3 Å². The molecule has 34 heavy (non-hydrogen) atoms. The van der Waals surface area contributed by atoms with Gasteiger partial charge >= 0.3 is 0 Å². The zero-order chi connectivity index (χ0) is 23.2. The van der Waals surface area contributed by atoms with Crippen molar-refractivity contribution in [3.63, 3.8) is 0 Å². The van der Waals surface area contributed by atoms with Gasteiger partial charge in [-0.2, -0.15) is 5.10 Å². The molecule has 6 aromatic rings. The van der Waals surface area contributed by atoms with Crippen LogP contribution in [0.1, 0.15) is 5.56 Å². The average molecular weight is 450 g/mol. The normalized spacial score (nSPS) is 11.4. The van der Waals surface area contributed by atoms with Gasteiger partial charge < -0.3 is 9.72 Å². The maximum atomic E-state index is 14.2. The summed E-state index contributed by atoms with van der Waals surface area (Å²) in [5.41, 5.74) is 7.47. The summed E-state index contributed by atoms with van der Waals surface area (Å²) < 4.78 is 19.4. The van der Waals surface area contributed by atoms with E-state index in [1.807, 2.05) is 37.4 Å². The minimum Gasteiger partial charge on any atom is -0.497 e. The highest BCUT2D eigenvalue weighted by atomic mass is 19.1. The summed E-state index contributed by atoms with van der Waals surface area (Å²) in [6.07, 6.45) is 7.07. The third kappa shape index (κ3) is 3.27. The Balaban J connectivity index is 1.51. The molecule has 0 radical (unpaired) electrons. The highest BCUT2D eigenvalue weighted by Gasteiger charge is 2.16. The highest BCUT2D eigenvalue weighted by molar-refractivity contribution is 6.00. The largest absolute Gasteiger partial charge is 0.497 e. The molecule has 0 atom stereocenters. The van der Waals surface area contributed by atoms with Crippen LogP contribution in [-0.4, -0.2) is 37.2 Å². The molecular weight excluding hydrogens is 431 g/mol. The first-order valence-electron chi connectivity index (χ1n) is 10.7. The summed E-state index contributed by atoms with van der Waals surface area (Å²) >= 11 is 0. The van der Waals surface area contributed by atoms with Crippen molar-refractivity contribution in [3.05, 3.63) is 78.6 Å². The monoisotopic (exact) mass is 450 g/mol. The van der Waals surface area contributed by atoms with Crippen LogP contribution in [0.5, 0.6) is 5.75 Å². The van der Waals surface area contributed by atoms with E-state index in [4.69, 9.17) is 4.74 Å². The number of benzene rings is 1. The molecule has 0 saturated heterocycles. The number of rotatable bonds is 4. The molecule has 0 fully saturated rings. The number of ether oxygens (including phenoxy) is 1. The molecular formula is C26H19FN6O. The van der Waals surface area contributed by atoms with Gasteiger partial charge in [-0.25, -0.2) is 4.39 Å². The standard InChI is InChI=1S/C26H19FN6O/c1-14-3-5-28-12-20(14)22-10-19-24(13-30-22)32-33-26(19)23-11-18-21(31-23)4-6-29-25(18)15-7-16(27)9-17(8-15)34-2/h3-13,31H,1-2H3,(H,32,33). The smallest absolute Gasteiger partial charge is 0.127 e. The van der Waals surface area contributed by atoms with Gasteiger partial charge in [-0.1, -0.05) is 0 Å². The number of pyridine rings is 3. The van der Waals surface area contributed by atoms with Crippen molar-refractivity contribution < 1.29 is 9.13 Å². The van der Waals surface area contributed by atoms with Gasteiger partial charge in [0.05, 0.1) is 35.9 Å². The second kappa shape index (κ2) is 7.77. The van der Waals surface area contributed by atoms with Crippen molar-refractivity contribution in [3.8, 4) is 39.7 Å². The van der Waals surface area contributed by atoms with E-state index < -0.39 is 0 Å². The highest BCUT2D eigenvalue weighted by Crippen LogP contribution is 2.35. The zero-order valence-electron chi connectivity index (χ0n) is 18.4. The van der Waals surface area contributed by atoms with Gasteiger partial charge in [0.15, 0.2) is 0 Å². The Morgan fingerprint density at radius 1 is 0.882 bits per heavy atom. The van der Waals surface area contributed by atoms with Crippen molar-refractivity contribution in [1.29, 1.82) is 0 Å². The first-order valence-corrected chi connectivity index (χ1v) is 10.7. The van der Waals surface area contributed by atoms with Crippen LogP contribution in [-0.2, 0) is 0 Å². The zero-order valence-corrected chi connectivity index (χ0v) is 18.4. The number of nitrogens with one attached hydrogen (secondary N) is 2. The number of hydrogen-bond donors (Lipinski definition) is 2. The second-order valence-electron chi connectivity index (χ2n) is 8.06. The molecule has 5 heterocycles. The van der Waals surface area contributed by atoms with Crippen molar-refractivity contribution in [2.75, 3.05) is 7.11 Å². The lowest BCUT2D eigenvalue weighted by molar-refractivity contribution is 0.411. The summed E-state index contributed by atoms with van der Waals surface area (Å²) in [6.45, 7) is 2.03. The molecule has 0 spiro atoms. The molecule has 6 rings (SSSR count). The Bertz CT molecular complexity index is 1690. The van der Waals surface area contributed by atoms with E-state index in [-0.39, 0.29) is 5.82 Å². The molecule has 166 valence electrons. The number of H-pyrrole nitrogens is 2. The minimum atomic E-state index is -0.382. The van der Waals surface area contributed by atoms with Gasteiger partial charge in [-0.15, -0.1) is 0 Å². The minimum absolute atomic E-state index is 0.382. The van der Waals surface area contributed by atoms with Crippen LogP contribution in [0.2, 0.25) is 0 Å². The number of aromatic nitrogens is 6. The summed E-state index contributed by atoms with van der Waals surface area (Å²) in [5.74, 6) is 0.0570. The van der Waals surface area contributed by atoms with Crippen molar-refractivity contribution in [2.45, 2.75) is 6.92 Å². The fourth-order valence-electron chi connectivity index (χ4n) is 4.23. The number of methoxy groups -OCH3 is 1. The van der Waals surface area contributed by atoms with Crippen LogP contribution < -0.4 is 4.74 Å². The van der Waals surface area contributed by atoms with E-state index in [1.54, 1.807) is 24.7 Å². The number of aromatic amines is 2. The first kappa shape index (κ1) is 20.0. The predicted octanol–water partition coefficient (Wildman–Crippen LogP) is 5.69. The van der Waals surface area contributed by atoms with Crippen molar-refractivity contribution in [2.24, 2.45) is 0 Å². The maximum Gasteiger partial charge on any atom is 0.127 e. The third-order valence-electron chi connectivity index (χ3n) is 5.95. The lowest BCUT2D eigenvalue weighted by Gasteiger charge is -2.06. The van der Waals surface area contributed by atoms with Gasteiger partial charge in [-0.3, -0.25) is 20.1 Å². The summed E-state index contributed by atoms with van der Waals surface area (Å²) in [4.78, 5) is 16.8. The quantitative estimate of drug-likeness (QED) is 0.360. The molecule has 1 aromatic carbocycles. The first-order chi connectivity index (χ1) is 16.6. The SMILES string of the molecule is COc1cc(F)cc(-c2nccc3[nH]c(-c4n[nH]c5cnc(-c6cnccc6C)cc45)cc23)c1. The molecule has 0 aliphatic heterocycles. The Morgan fingerprint density at radius 2 is 1.76 bits per heavy atom. The molecule has 8 heteroatoms. The van der Waals surface area contributed by atoms with Gasteiger partial charge in [-0.05, 0) is 48.9 Å². The Kier molecular flexibility index (Phi) is 4.58. The number of aryl methyl sites for hydroxylation is 1. The Morgan fingerprint density at radius 3 is 2.62 bits per heavy atom. The average Bonchev–Trinajstić information content (AvgIpc) is 3.47. The van der Waals surface area contributed by atoms with Crippen molar-refractivity contribution in [1.82, 2.24) is 30.1 Å². The number of hydrogen-bond acceptors (Lipinski definition) is 5. The molecule has 0 amide bonds. The number of nitrogens with zero attached hydrogens (tertiary/aromatic N) is 4. The molecule has 5 aromatic heterocycles. The fraction of sp³-hybridized carbons (Fsp3) is 0.0769.